The van der Waals surface area contributed by atoms with E-state index in [-0.39, 0.29) is 12.0 Å². The summed E-state index contributed by atoms with van der Waals surface area (Å²) in [5.74, 6) is 0. The van der Waals surface area contributed by atoms with E-state index in [1.54, 1.807) is 0 Å². The maximum absolute atomic E-state index is 9.43. The van der Waals surface area contributed by atoms with E-state index in [0.717, 1.165) is 24.1 Å². The maximum atomic E-state index is 9.43. The largest absolute Gasteiger partial charge is 0.469 e. The van der Waals surface area contributed by atoms with Gasteiger partial charge in [0.25, 0.3) is 5.19 Å². The van der Waals surface area contributed by atoms with Crippen LogP contribution in [0.2, 0.25) is 0 Å². The first-order valence-electron chi connectivity index (χ1n) is 6.97. The van der Waals surface area contributed by atoms with Crippen LogP contribution in [0.25, 0.3) is 11.3 Å². The lowest BCUT2D eigenvalue weighted by molar-refractivity contribution is 0.0000547. The van der Waals surface area contributed by atoms with Crippen LogP contribution in [0.3, 0.4) is 0 Å². The van der Waals surface area contributed by atoms with Gasteiger partial charge in [-0.25, -0.2) is 4.98 Å². The average Bonchev–Trinajstić information content (AvgIpc) is 2.88. The Morgan fingerprint density at radius 3 is 2.65 bits per heavy atom. The molecule has 0 atom stereocenters. The van der Waals surface area contributed by atoms with Crippen molar-refractivity contribution in [3.8, 4) is 16.5 Å². The predicted octanol–water partition coefficient (Wildman–Crippen LogP) is 3.66. The average molecular weight is 289 g/mol. The molecule has 0 aliphatic heterocycles. The van der Waals surface area contributed by atoms with Gasteiger partial charge in [-0.1, -0.05) is 47.6 Å². The van der Waals surface area contributed by atoms with Crippen molar-refractivity contribution in [1.82, 2.24) is 4.98 Å². The molecule has 1 aromatic heterocycles. The van der Waals surface area contributed by atoms with Crippen molar-refractivity contribution in [3.63, 3.8) is 0 Å². The highest BCUT2D eigenvalue weighted by Crippen LogP contribution is 2.41. The number of hydrogen-bond donors (Lipinski definition) is 1. The molecule has 2 aromatic rings. The first kappa shape index (κ1) is 13.6. The van der Waals surface area contributed by atoms with Crippen LogP contribution in [0.1, 0.15) is 24.8 Å². The molecule has 1 aliphatic carbocycles. The standard InChI is InChI=1S/C16H19NO2S/c1-12-3-5-13(6-4-12)14-9-20-15(17-14)19-11-16(10-18)7-2-8-16/h3-6,9,18H,2,7-8,10-11H2,1H3. The van der Waals surface area contributed by atoms with Crippen molar-refractivity contribution in [1.29, 1.82) is 0 Å². The van der Waals surface area contributed by atoms with E-state index in [1.165, 1.54) is 23.3 Å². The summed E-state index contributed by atoms with van der Waals surface area (Å²) in [4.78, 5) is 4.52. The Balaban J connectivity index is 1.66. The van der Waals surface area contributed by atoms with Crippen LogP contribution < -0.4 is 4.74 Å². The molecule has 0 amide bonds. The molecule has 1 N–H and O–H groups in total. The molecule has 1 heterocycles. The van der Waals surface area contributed by atoms with Gasteiger partial charge in [0.15, 0.2) is 0 Å². The van der Waals surface area contributed by atoms with Gasteiger partial charge >= 0.3 is 0 Å². The number of aliphatic hydroxyl groups is 1. The third kappa shape index (κ3) is 2.72. The Bertz CT molecular complexity index is 567. The minimum absolute atomic E-state index is 0.0182. The van der Waals surface area contributed by atoms with Crippen LogP contribution in [-0.2, 0) is 0 Å². The molecule has 0 saturated heterocycles. The molecule has 3 nitrogen and oxygen atoms in total. The number of aliphatic hydroxyl groups excluding tert-OH is 1. The summed E-state index contributed by atoms with van der Waals surface area (Å²) in [5.41, 5.74) is 3.30. The Hall–Kier alpha value is -1.39. The fourth-order valence-electron chi connectivity index (χ4n) is 2.42. The topological polar surface area (TPSA) is 42.4 Å². The molecular formula is C16H19NO2S. The van der Waals surface area contributed by atoms with E-state index in [2.05, 4.69) is 36.2 Å². The molecule has 1 aliphatic rings. The Labute approximate surface area is 123 Å². The fourth-order valence-corrected chi connectivity index (χ4v) is 3.10. The van der Waals surface area contributed by atoms with E-state index in [9.17, 15) is 5.11 Å². The van der Waals surface area contributed by atoms with Gasteiger partial charge in [-0.3, -0.25) is 0 Å². The second kappa shape index (κ2) is 5.54. The van der Waals surface area contributed by atoms with Gasteiger partial charge in [-0.2, -0.15) is 0 Å². The van der Waals surface area contributed by atoms with Crippen LogP contribution in [0.5, 0.6) is 5.19 Å². The molecule has 0 unspecified atom stereocenters. The summed E-state index contributed by atoms with van der Waals surface area (Å²) in [5, 5.41) is 12.1. The quantitative estimate of drug-likeness (QED) is 0.913. The number of rotatable bonds is 5. The summed E-state index contributed by atoms with van der Waals surface area (Å²) < 4.78 is 5.78. The van der Waals surface area contributed by atoms with Crippen molar-refractivity contribution in [3.05, 3.63) is 35.2 Å². The van der Waals surface area contributed by atoms with Crippen molar-refractivity contribution in [2.75, 3.05) is 13.2 Å². The Kier molecular flexibility index (Phi) is 3.76. The molecule has 3 rings (SSSR count). The second-order valence-electron chi connectivity index (χ2n) is 5.67. The highest BCUT2D eigenvalue weighted by Gasteiger charge is 2.37. The highest BCUT2D eigenvalue weighted by molar-refractivity contribution is 7.11. The molecule has 0 radical (unpaired) electrons. The molecule has 20 heavy (non-hydrogen) atoms. The molecule has 1 saturated carbocycles. The van der Waals surface area contributed by atoms with Gasteiger partial charge in [-0.05, 0) is 19.8 Å². The monoisotopic (exact) mass is 289 g/mol. The van der Waals surface area contributed by atoms with Crippen molar-refractivity contribution in [2.24, 2.45) is 5.41 Å². The zero-order chi connectivity index (χ0) is 14.0. The lowest BCUT2D eigenvalue weighted by Crippen LogP contribution is -2.39. The van der Waals surface area contributed by atoms with Crippen molar-refractivity contribution in [2.45, 2.75) is 26.2 Å². The third-order valence-corrected chi connectivity index (χ3v) is 4.83. The normalized spacial score (nSPS) is 16.7. The number of aromatic nitrogens is 1. The number of aryl methyl sites for hydroxylation is 1. The number of benzene rings is 1. The zero-order valence-electron chi connectivity index (χ0n) is 11.6. The summed E-state index contributed by atoms with van der Waals surface area (Å²) >= 11 is 1.52. The summed E-state index contributed by atoms with van der Waals surface area (Å²) in [6, 6.07) is 8.33. The smallest absolute Gasteiger partial charge is 0.273 e. The van der Waals surface area contributed by atoms with Crippen molar-refractivity contribution >= 4 is 11.3 Å². The molecular weight excluding hydrogens is 270 g/mol. The van der Waals surface area contributed by atoms with Crippen molar-refractivity contribution < 1.29 is 9.84 Å². The van der Waals surface area contributed by atoms with Crippen LogP contribution in [0.15, 0.2) is 29.6 Å². The lowest BCUT2D eigenvalue weighted by Gasteiger charge is -2.39. The van der Waals surface area contributed by atoms with E-state index in [4.69, 9.17) is 4.74 Å². The molecule has 0 spiro atoms. The van der Waals surface area contributed by atoms with Crippen LogP contribution in [0, 0.1) is 12.3 Å². The van der Waals surface area contributed by atoms with Gasteiger partial charge in [-0.15, -0.1) is 0 Å². The number of thiazole rings is 1. The Morgan fingerprint density at radius 1 is 1.30 bits per heavy atom. The molecule has 4 heteroatoms. The van der Waals surface area contributed by atoms with Gasteiger partial charge in [0.05, 0.1) is 18.9 Å². The van der Waals surface area contributed by atoms with E-state index < -0.39 is 0 Å². The summed E-state index contributed by atoms with van der Waals surface area (Å²) in [6.45, 7) is 2.86. The van der Waals surface area contributed by atoms with E-state index in [1.807, 2.05) is 5.38 Å². The molecule has 1 fully saturated rings. The first-order valence-corrected chi connectivity index (χ1v) is 7.85. The second-order valence-corrected chi connectivity index (χ2v) is 6.49. The maximum Gasteiger partial charge on any atom is 0.273 e. The first-order chi connectivity index (χ1) is 9.71. The van der Waals surface area contributed by atoms with Gasteiger partial charge in [0, 0.05) is 16.4 Å². The Morgan fingerprint density at radius 2 is 2.05 bits per heavy atom. The molecule has 0 bridgehead atoms. The number of nitrogens with zero attached hydrogens (tertiary/aromatic N) is 1. The van der Waals surface area contributed by atoms with E-state index >= 15 is 0 Å². The van der Waals surface area contributed by atoms with Crippen LogP contribution in [0.4, 0.5) is 0 Å². The number of hydrogen-bond acceptors (Lipinski definition) is 4. The van der Waals surface area contributed by atoms with Crippen LogP contribution >= 0.6 is 11.3 Å². The SMILES string of the molecule is Cc1ccc(-c2csc(OCC3(CO)CCC3)n2)cc1. The highest BCUT2D eigenvalue weighted by atomic mass is 32.1. The minimum atomic E-state index is -0.0182. The number of ether oxygens (including phenoxy) is 1. The zero-order valence-corrected chi connectivity index (χ0v) is 12.4. The van der Waals surface area contributed by atoms with Gasteiger partial charge in [0.2, 0.25) is 0 Å². The minimum Gasteiger partial charge on any atom is -0.469 e. The fraction of sp³-hybridized carbons (Fsp3) is 0.438. The third-order valence-electron chi connectivity index (χ3n) is 4.08. The summed E-state index contributed by atoms with van der Waals surface area (Å²) in [7, 11) is 0. The van der Waals surface area contributed by atoms with E-state index in [0.29, 0.717) is 11.8 Å². The predicted molar refractivity (Wildman–Crippen MR) is 81.2 cm³/mol. The molecule has 106 valence electrons. The lowest BCUT2D eigenvalue weighted by atomic mass is 9.70. The summed E-state index contributed by atoms with van der Waals surface area (Å²) in [6.07, 6.45) is 3.30. The van der Waals surface area contributed by atoms with Gasteiger partial charge in [0.1, 0.15) is 0 Å². The van der Waals surface area contributed by atoms with Crippen LogP contribution in [-0.4, -0.2) is 23.3 Å². The van der Waals surface area contributed by atoms with Gasteiger partial charge < -0.3 is 9.84 Å². The molecule has 1 aromatic carbocycles.